The van der Waals surface area contributed by atoms with Crippen LogP contribution in [0.4, 0.5) is 0 Å². The van der Waals surface area contributed by atoms with Crippen molar-refractivity contribution in [3.63, 3.8) is 0 Å². The third-order valence-electron chi connectivity index (χ3n) is 5.24. The molecule has 1 aliphatic carbocycles. The molecule has 2 N–H and O–H groups in total. The monoisotopic (exact) mass is 312 g/mol. The van der Waals surface area contributed by atoms with Crippen LogP contribution in [0, 0.1) is 17.3 Å². The summed E-state index contributed by atoms with van der Waals surface area (Å²) < 4.78 is 0. The molecular formula is C18H32O4. The van der Waals surface area contributed by atoms with Crippen LogP contribution in [0.5, 0.6) is 0 Å². The lowest BCUT2D eigenvalue weighted by atomic mass is 9.64. The summed E-state index contributed by atoms with van der Waals surface area (Å²) >= 11 is 0. The minimum atomic E-state index is -0.830. The first-order chi connectivity index (χ1) is 10.4. The zero-order valence-corrected chi connectivity index (χ0v) is 14.1. The second-order valence-corrected chi connectivity index (χ2v) is 7.07. The topological polar surface area (TPSA) is 74.6 Å². The van der Waals surface area contributed by atoms with E-state index in [1.54, 1.807) is 0 Å². The van der Waals surface area contributed by atoms with E-state index < -0.39 is 23.3 Å². The van der Waals surface area contributed by atoms with E-state index in [0.29, 0.717) is 31.6 Å². The smallest absolute Gasteiger partial charge is 0.309 e. The molecule has 4 nitrogen and oxygen atoms in total. The highest BCUT2D eigenvalue weighted by Crippen LogP contribution is 2.45. The van der Waals surface area contributed by atoms with Crippen LogP contribution in [0.1, 0.15) is 84.5 Å². The summed E-state index contributed by atoms with van der Waals surface area (Å²) in [6, 6.07) is 0. The van der Waals surface area contributed by atoms with E-state index in [1.165, 1.54) is 12.8 Å². The summed E-state index contributed by atoms with van der Waals surface area (Å²) in [6.45, 7) is 4.31. The van der Waals surface area contributed by atoms with Crippen LogP contribution in [0.25, 0.3) is 0 Å². The van der Waals surface area contributed by atoms with Gasteiger partial charge >= 0.3 is 11.9 Å². The average molecular weight is 312 g/mol. The summed E-state index contributed by atoms with van der Waals surface area (Å²) in [5.74, 6) is -1.68. The van der Waals surface area contributed by atoms with Gasteiger partial charge in [0.2, 0.25) is 0 Å². The molecule has 0 saturated heterocycles. The minimum Gasteiger partial charge on any atom is -0.481 e. The normalized spacial score (nSPS) is 26.5. The van der Waals surface area contributed by atoms with Crippen LogP contribution in [-0.4, -0.2) is 22.2 Å². The van der Waals surface area contributed by atoms with Gasteiger partial charge < -0.3 is 10.2 Å². The second kappa shape index (κ2) is 9.16. The number of carboxylic acid groups (broad SMARTS) is 2. The third kappa shape index (κ3) is 5.29. The lowest BCUT2D eigenvalue weighted by Crippen LogP contribution is -2.40. The molecule has 0 bridgehead atoms. The maximum Gasteiger partial charge on any atom is 0.309 e. The molecular weight excluding hydrogens is 280 g/mol. The molecule has 4 heteroatoms. The average Bonchev–Trinajstić information content (AvgIpc) is 2.47. The number of carboxylic acids is 2. The van der Waals surface area contributed by atoms with Gasteiger partial charge in [0.25, 0.3) is 0 Å². The van der Waals surface area contributed by atoms with Gasteiger partial charge in [-0.25, -0.2) is 0 Å². The number of hydrogen-bond donors (Lipinski definition) is 2. The lowest BCUT2D eigenvalue weighted by Gasteiger charge is -2.38. The summed E-state index contributed by atoms with van der Waals surface area (Å²) in [6.07, 6.45) is 9.66. The SMILES string of the molecule is CCCCCC(CCC)CC1(C(=O)O)CCCC(C(=O)O)C1. The molecule has 128 valence electrons. The number of unbranched alkanes of at least 4 members (excludes halogenated alkanes) is 2. The standard InChI is InChI=1S/C18H32O4/c1-3-5-6-9-14(8-4-2)12-18(17(21)22)11-7-10-15(13-18)16(19)20/h14-15H,3-13H2,1-2H3,(H,19,20)(H,21,22). The minimum absolute atomic E-state index is 0.311. The van der Waals surface area contributed by atoms with E-state index in [2.05, 4.69) is 13.8 Å². The van der Waals surface area contributed by atoms with Gasteiger partial charge in [-0.05, 0) is 31.6 Å². The van der Waals surface area contributed by atoms with Crippen molar-refractivity contribution in [1.29, 1.82) is 0 Å². The summed E-state index contributed by atoms with van der Waals surface area (Å²) in [5.41, 5.74) is -0.812. The Kier molecular flexibility index (Phi) is 7.91. The highest BCUT2D eigenvalue weighted by atomic mass is 16.4. The predicted octanol–water partition coefficient (Wildman–Crippen LogP) is 4.72. The molecule has 0 spiro atoms. The van der Waals surface area contributed by atoms with E-state index in [9.17, 15) is 19.8 Å². The van der Waals surface area contributed by atoms with Crippen molar-refractivity contribution < 1.29 is 19.8 Å². The van der Waals surface area contributed by atoms with Crippen molar-refractivity contribution in [3.05, 3.63) is 0 Å². The van der Waals surface area contributed by atoms with Gasteiger partial charge in [-0.3, -0.25) is 9.59 Å². The number of aliphatic carboxylic acids is 2. The molecule has 1 saturated carbocycles. The molecule has 0 radical (unpaired) electrons. The first kappa shape index (κ1) is 19.0. The third-order valence-corrected chi connectivity index (χ3v) is 5.24. The molecule has 0 heterocycles. The quantitative estimate of drug-likeness (QED) is 0.572. The first-order valence-corrected chi connectivity index (χ1v) is 8.91. The molecule has 0 aromatic rings. The Morgan fingerprint density at radius 1 is 1.14 bits per heavy atom. The van der Waals surface area contributed by atoms with Crippen molar-refractivity contribution >= 4 is 11.9 Å². The van der Waals surface area contributed by atoms with Crippen LogP contribution in [0.15, 0.2) is 0 Å². The molecule has 22 heavy (non-hydrogen) atoms. The fraction of sp³-hybridized carbons (Fsp3) is 0.889. The Bertz CT molecular complexity index is 366. The summed E-state index contributed by atoms with van der Waals surface area (Å²) in [5, 5.41) is 19.1. The highest BCUT2D eigenvalue weighted by Gasteiger charge is 2.45. The van der Waals surface area contributed by atoms with Crippen LogP contribution in [0.2, 0.25) is 0 Å². The molecule has 1 fully saturated rings. The molecule has 0 aromatic heterocycles. The van der Waals surface area contributed by atoms with Crippen molar-refractivity contribution in [2.75, 3.05) is 0 Å². The molecule has 1 aliphatic rings. The van der Waals surface area contributed by atoms with Crippen molar-refractivity contribution in [2.45, 2.75) is 84.5 Å². The Morgan fingerprint density at radius 3 is 2.41 bits per heavy atom. The molecule has 3 atom stereocenters. The van der Waals surface area contributed by atoms with Crippen LogP contribution >= 0.6 is 0 Å². The number of rotatable bonds is 10. The molecule has 0 aliphatic heterocycles. The van der Waals surface area contributed by atoms with Crippen molar-refractivity contribution in [1.82, 2.24) is 0 Å². The Morgan fingerprint density at radius 2 is 1.86 bits per heavy atom. The van der Waals surface area contributed by atoms with E-state index in [0.717, 1.165) is 32.1 Å². The Balaban J connectivity index is 2.78. The van der Waals surface area contributed by atoms with Crippen LogP contribution in [0.3, 0.4) is 0 Å². The highest BCUT2D eigenvalue weighted by molar-refractivity contribution is 5.77. The number of carbonyl (C=O) groups is 2. The maximum absolute atomic E-state index is 11.9. The summed E-state index contributed by atoms with van der Waals surface area (Å²) in [7, 11) is 0. The maximum atomic E-state index is 11.9. The van der Waals surface area contributed by atoms with E-state index in [4.69, 9.17) is 0 Å². The fourth-order valence-electron chi connectivity index (χ4n) is 4.03. The fourth-order valence-corrected chi connectivity index (χ4v) is 4.03. The Labute approximate surface area is 134 Å². The zero-order chi connectivity index (χ0) is 16.6. The molecule has 0 amide bonds. The zero-order valence-electron chi connectivity index (χ0n) is 14.1. The van der Waals surface area contributed by atoms with E-state index in [1.807, 2.05) is 0 Å². The Hall–Kier alpha value is -1.06. The van der Waals surface area contributed by atoms with Gasteiger partial charge in [0.1, 0.15) is 0 Å². The van der Waals surface area contributed by atoms with Crippen molar-refractivity contribution in [2.24, 2.45) is 17.3 Å². The van der Waals surface area contributed by atoms with Gasteiger partial charge in [-0.1, -0.05) is 58.8 Å². The van der Waals surface area contributed by atoms with Gasteiger partial charge in [0.15, 0.2) is 0 Å². The van der Waals surface area contributed by atoms with E-state index >= 15 is 0 Å². The largest absolute Gasteiger partial charge is 0.481 e. The molecule has 0 aromatic carbocycles. The van der Waals surface area contributed by atoms with Crippen LogP contribution < -0.4 is 0 Å². The van der Waals surface area contributed by atoms with Gasteiger partial charge in [0, 0.05) is 0 Å². The number of hydrogen-bond acceptors (Lipinski definition) is 2. The van der Waals surface area contributed by atoms with Gasteiger partial charge in [-0.15, -0.1) is 0 Å². The first-order valence-electron chi connectivity index (χ1n) is 8.91. The molecule has 3 unspecified atom stereocenters. The van der Waals surface area contributed by atoms with Gasteiger partial charge in [-0.2, -0.15) is 0 Å². The molecule has 1 rings (SSSR count). The lowest BCUT2D eigenvalue weighted by molar-refractivity contribution is -0.157. The van der Waals surface area contributed by atoms with Crippen LogP contribution in [-0.2, 0) is 9.59 Å². The van der Waals surface area contributed by atoms with E-state index in [-0.39, 0.29) is 0 Å². The van der Waals surface area contributed by atoms with Gasteiger partial charge in [0.05, 0.1) is 11.3 Å². The summed E-state index contributed by atoms with van der Waals surface area (Å²) in [4.78, 5) is 23.2. The second-order valence-electron chi connectivity index (χ2n) is 7.07. The van der Waals surface area contributed by atoms with Crippen molar-refractivity contribution in [3.8, 4) is 0 Å². The predicted molar refractivity (Wildman–Crippen MR) is 86.8 cm³/mol.